The van der Waals surface area contributed by atoms with Crippen molar-refractivity contribution in [1.29, 1.82) is 0 Å². The maximum atomic E-state index is 11.9. The van der Waals surface area contributed by atoms with Gasteiger partial charge in [-0.05, 0) is 32.0 Å². The van der Waals surface area contributed by atoms with Crippen molar-refractivity contribution in [3.05, 3.63) is 43.0 Å². The molecule has 6 heteroatoms. The topological polar surface area (TPSA) is 84.2 Å². The van der Waals surface area contributed by atoms with Crippen molar-refractivity contribution in [3.8, 4) is 5.69 Å². The number of carbonyl (C=O) groups excluding carboxylic acids is 1. The fourth-order valence-corrected chi connectivity index (χ4v) is 1.84. The van der Waals surface area contributed by atoms with Crippen LogP contribution in [0.2, 0.25) is 0 Å². The second-order valence-corrected chi connectivity index (χ2v) is 5.43. The summed E-state index contributed by atoms with van der Waals surface area (Å²) in [5, 5.41) is 11.8. The number of hydrogen-bond donors (Lipinski definition) is 2. The van der Waals surface area contributed by atoms with E-state index in [9.17, 15) is 9.59 Å². The van der Waals surface area contributed by atoms with E-state index in [0.717, 1.165) is 5.69 Å². The minimum atomic E-state index is -1.09. The molecule has 1 amide bonds. The minimum absolute atomic E-state index is 0.0857. The Morgan fingerprint density at radius 2 is 2.14 bits per heavy atom. The van der Waals surface area contributed by atoms with E-state index in [0.29, 0.717) is 5.69 Å². The van der Waals surface area contributed by atoms with Gasteiger partial charge in [-0.1, -0.05) is 6.07 Å². The smallest absolute Gasteiger partial charge is 0.309 e. The second-order valence-electron chi connectivity index (χ2n) is 5.43. The Hall–Kier alpha value is -2.63. The van der Waals surface area contributed by atoms with Gasteiger partial charge in [0.25, 0.3) is 0 Å². The van der Waals surface area contributed by atoms with Crippen molar-refractivity contribution in [2.75, 3.05) is 5.32 Å². The summed E-state index contributed by atoms with van der Waals surface area (Å²) >= 11 is 0. The number of benzene rings is 1. The highest BCUT2D eigenvalue weighted by Gasteiger charge is 2.30. The number of nitrogens with one attached hydrogen (secondary N) is 1. The van der Waals surface area contributed by atoms with Crippen LogP contribution in [0.25, 0.3) is 5.69 Å². The van der Waals surface area contributed by atoms with E-state index < -0.39 is 11.4 Å². The Bertz CT molecular complexity index is 648. The van der Waals surface area contributed by atoms with Crippen molar-refractivity contribution < 1.29 is 14.7 Å². The Morgan fingerprint density at radius 3 is 2.76 bits per heavy atom. The molecule has 0 saturated heterocycles. The number of aliphatic carboxylic acids is 1. The fourth-order valence-electron chi connectivity index (χ4n) is 1.84. The van der Waals surface area contributed by atoms with Crippen LogP contribution in [0.1, 0.15) is 20.3 Å². The lowest BCUT2D eigenvalue weighted by Crippen LogP contribution is -2.29. The van der Waals surface area contributed by atoms with Gasteiger partial charge in [-0.25, -0.2) is 4.98 Å². The van der Waals surface area contributed by atoms with Gasteiger partial charge in [-0.2, -0.15) is 0 Å². The molecule has 2 aromatic rings. The van der Waals surface area contributed by atoms with Crippen molar-refractivity contribution >= 4 is 17.6 Å². The Kier molecular flexibility index (Phi) is 4.07. The molecular weight excluding hydrogens is 270 g/mol. The summed E-state index contributed by atoms with van der Waals surface area (Å²) in [4.78, 5) is 26.9. The van der Waals surface area contributed by atoms with E-state index in [-0.39, 0.29) is 12.3 Å². The highest BCUT2D eigenvalue weighted by molar-refractivity contribution is 5.94. The number of carboxylic acids is 1. The average molecular weight is 287 g/mol. The Balaban J connectivity index is 2.08. The third kappa shape index (κ3) is 3.68. The van der Waals surface area contributed by atoms with Crippen molar-refractivity contribution in [2.24, 2.45) is 5.41 Å². The number of anilines is 1. The number of imidazole rings is 1. The second kappa shape index (κ2) is 5.78. The lowest BCUT2D eigenvalue weighted by molar-refractivity contribution is -0.148. The summed E-state index contributed by atoms with van der Waals surface area (Å²) < 4.78 is 1.82. The predicted molar refractivity (Wildman–Crippen MR) is 78.2 cm³/mol. The van der Waals surface area contributed by atoms with Crippen LogP contribution < -0.4 is 5.32 Å². The highest BCUT2D eigenvalue weighted by atomic mass is 16.4. The number of carboxylic acid groups (broad SMARTS) is 1. The molecule has 0 fully saturated rings. The largest absolute Gasteiger partial charge is 0.481 e. The number of rotatable bonds is 5. The molecular formula is C15H17N3O3. The molecule has 0 saturated carbocycles. The first-order chi connectivity index (χ1) is 9.88. The van der Waals surface area contributed by atoms with Crippen LogP contribution >= 0.6 is 0 Å². The Morgan fingerprint density at radius 1 is 1.38 bits per heavy atom. The summed E-state index contributed by atoms with van der Waals surface area (Å²) in [6.45, 7) is 3.05. The van der Waals surface area contributed by atoms with Gasteiger partial charge in [0.15, 0.2) is 0 Å². The normalized spacial score (nSPS) is 11.1. The number of aromatic nitrogens is 2. The summed E-state index contributed by atoms with van der Waals surface area (Å²) in [6, 6.07) is 7.26. The molecule has 1 aromatic carbocycles. The molecule has 0 aliphatic rings. The first-order valence-electron chi connectivity index (χ1n) is 6.50. The summed E-state index contributed by atoms with van der Waals surface area (Å²) in [5.74, 6) is -1.32. The SMILES string of the molecule is CC(C)(CC(=O)Nc1cccc(-n2ccnc2)c1)C(=O)O. The molecule has 0 atom stereocenters. The van der Waals surface area contributed by atoms with Crippen LogP contribution in [0.3, 0.4) is 0 Å². The zero-order chi connectivity index (χ0) is 15.5. The molecule has 0 unspecified atom stereocenters. The van der Waals surface area contributed by atoms with Crippen LogP contribution in [-0.4, -0.2) is 26.5 Å². The molecule has 1 heterocycles. The molecule has 110 valence electrons. The van der Waals surface area contributed by atoms with E-state index >= 15 is 0 Å². The quantitative estimate of drug-likeness (QED) is 0.883. The number of hydrogen-bond acceptors (Lipinski definition) is 3. The van der Waals surface area contributed by atoms with Crippen LogP contribution in [0, 0.1) is 5.41 Å². The van der Waals surface area contributed by atoms with Gasteiger partial charge in [-0.15, -0.1) is 0 Å². The van der Waals surface area contributed by atoms with Crippen LogP contribution in [-0.2, 0) is 9.59 Å². The van der Waals surface area contributed by atoms with E-state index in [4.69, 9.17) is 5.11 Å². The number of amides is 1. The number of nitrogens with zero attached hydrogens (tertiary/aromatic N) is 2. The van der Waals surface area contributed by atoms with Crippen molar-refractivity contribution in [1.82, 2.24) is 9.55 Å². The molecule has 2 N–H and O–H groups in total. The first kappa shape index (κ1) is 14.8. The van der Waals surface area contributed by atoms with Gasteiger partial charge < -0.3 is 15.0 Å². The molecule has 1 aromatic heterocycles. The van der Waals surface area contributed by atoms with Crippen LogP contribution in [0.4, 0.5) is 5.69 Å². The van der Waals surface area contributed by atoms with Gasteiger partial charge in [-0.3, -0.25) is 9.59 Å². The van der Waals surface area contributed by atoms with E-state index in [2.05, 4.69) is 10.3 Å². The van der Waals surface area contributed by atoms with Crippen molar-refractivity contribution in [2.45, 2.75) is 20.3 Å². The lowest BCUT2D eigenvalue weighted by atomic mass is 9.89. The van der Waals surface area contributed by atoms with Gasteiger partial charge in [0.1, 0.15) is 0 Å². The molecule has 21 heavy (non-hydrogen) atoms. The molecule has 0 aliphatic carbocycles. The monoisotopic (exact) mass is 287 g/mol. The maximum Gasteiger partial charge on any atom is 0.309 e. The summed E-state index contributed by atoms with van der Waals surface area (Å²) in [6.07, 6.45) is 5.04. The van der Waals surface area contributed by atoms with Gasteiger partial charge >= 0.3 is 5.97 Å². The van der Waals surface area contributed by atoms with Crippen molar-refractivity contribution in [3.63, 3.8) is 0 Å². The molecule has 6 nitrogen and oxygen atoms in total. The van der Waals surface area contributed by atoms with E-state index in [1.165, 1.54) is 13.8 Å². The molecule has 0 aliphatic heterocycles. The third-order valence-electron chi connectivity index (χ3n) is 3.11. The first-order valence-corrected chi connectivity index (χ1v) is 6.50. The van der Waals surface area contributed by atoms with Gasteiger partial charge in [0.2, 0.25) is 5.91 Å². The third-order valence-corrected chi connectivity index (χ3v) is 3.11. The van der Waals surface area contributed by atoms with Gasteiger partial charge in [0.05, 0.1) is 11.7 Å². The zero-order valence-corrected chi connectivity index (χ0v) is 11.9. The zero-order valence-electron chi connectivity index (χ0n) is 11.9. The molecule has 0 radical (unpaired) electrons. The highest BCUT2D eigenvalue weighted by Crippen LogP contribution is 2.22. The average Bonchev–Trinajstić information content (AvgIpc) is 2.91. The summed E-state index contributed by atoms with van der Waals surface area (Å²) in [5.41, 5.74) is 0.390. The number of carbonyl (C=O) groups is 2. The minimum Gasteiger partial charge on any atom is -0.481 e. The van der Waals surface area contributed by atoms with Crippen LogP contribution in [0.5, 0.6) is 0 Å². The fraction of sp³-hybridized carbons (Fsp3) is 0.267. The Labute approximate surface area is 122 Å². The summed E-state index contributed by atoms with van der Waals surface area (Å²) in [7, 11) is 0. The van der Waals surface area contributed by atoms with E-state index in [1.54, 1.807) is 30.9 Å². The lowest BCUT2D eigenvalue weighted by Gasteiger charge is -2.18. The van der Waals surface area contributed by atoms with Crippen LogP contribution in [0.15, 0.2) is 43.0 Å². The molecule has 0 bridgehead atoms. The van der Waals surface area contributed by atoms with Gasteiger partial charge in [0, 0.05) is 30.2 Å². The molecule has 2 rings (SSSR count). The predicted octanol–water partition coefficient (Wildman–Crippen LogP) is 2.31. The molecule has 0 spiro atoms. The van der Waals surface area contributed by atoms with E-state index in [1.807, 2.05) is 16.7 Å². The standard InChI is InChI=1S/C15H17N3O3/c1-15(2,14(20)21)9-13(19)17-11-4-3-5-12(8-11)18-7-6-16-10-18/h3-8,10H,9H2,1-2H3,(H,17,19)(H,20,21). The maximum absolute atomic E-state index is 11.9.